The van der Waals surface area contributed by atoms with Gasteiger partial charge in [0.1, 0.15) is 10.6 Å². The van der Waals surface area contributed by atoms with Crippen LogP contribution >= 0.6 is 0 Å². The van der Waals surface area contributed by atoms with Crippen molar-refractivity contribution in [2.75, 3.05) is 34.2 Å². The monoisotopic (exact) mass is 328 g/mol. The molecular formula is C14H24N4O3S. The van der Waals surface area contributed by atoms with Crippen molar-refractivity contribution in [2.45, 2.75) is 17.9 Å². The molecule has 2 unspecified atom stereocenters. The molecule has 0 radical (unpaired) electrons. The minimum atomic E-state index is -3.54. The number of sulfonamides is 1. The highest BCUT2D eigenvalue weighted by Crippen LogP contribution is 2.23. The molecule has 1 amide bonds. The molecule has 0 aliphatic carbocycles. The van der Waals surface area contributed by atoms with Gasteiger partial charge in [0, 0.05) is 32.4 Å². The molecule has 1 aromatic rings. The second-order valence-electron chi connectivity index (χ2n) is 6.10. The molecular weight excluding hydrogens is 304 g/mol. The molecule has 2 rings (SSSR count). The summed E-state index contributed by atoms with van der Waals surface area (Å²) in [5, 5.41) is 0. The van der Waals surface area contributed by atoms with E-state index in [2.05, 4.69) is 16.5 Å². The summed E-state index contributed by atoms with van der Waals surface area (Å²) >= 11 is 0. The van der Waals surface area contributed by atoms with Crippen LogP contribution in [0.3, 0.4) is 0 Å². The van der Waals surface area contributed by atoms with E-state index in [9.17, 15) is 13.2 Å². The van der Waals surface area contributed by atoms with E-state index in [1.165, 1.54) is 19.3 Å². The van der Waals surface area contributed by atoms with Gasteiger partial charge in [-0.15, -0.1) is 0 Å². The van der Waals surface area contributed by atoms with Crippen molar-refractivity contribution in [2.24, 2.45) is 13.0 Å². The molecule has 0 spiro atoms. The lowest BCUT2D eigenvalue weighted by Gasteiger charge is -2.22. The van der Waals surface area contributed by atoms with E-state index >= 15 is 0 Å². The third-order valence-corrected chi connectivity index (χ3v) is 5.68. The molecule has 124 valence electrons. The van der Waals surface area contributed by atoms with Gasteiger partial charge in [-0.05, 0) is 33.1 Å². The number of aromatic nitrogens is 1. The number of carbonyl (C=O) groups is 1. The van der Waals surface area contributed by atoms with Gasteiger partial charge in [-0.3, -0.25) is 4.79 Å². The Hall–Kier alpha value is -1.38. The number of aryl methyl sites for hydroxylation is 1. The lowest BCUT2D eigenvalue weighted by molar-refractivity contribution is 0.0772. The Morgan fingerprint density at radius 2 is 2.00 bits per heavy atom. The fourth-order valence-corrected chi connectivity index (χ4v) is 3.76. The van der Waals surface area contributed by atoms with Gasteiger partial charge in [0.2, 0.25) is 10.0 Å². The summed E-state index contributed by atoms with van der Waals surface area (Å²) in [7, 11) is 3.52. The van der Waals surface area contributed by atoms with Gasteiger partial charge in [-0.2, -0.15) is 0 Å². The van der Waals surface area contributed by atoms with Crippen molar-refractivity contribution in [1.82, 2.24) is 19.1 Å². The molecule has 8 heteroatoms. The average molecular weight is 328 g/mol. The molecule has 22 heavy (non-hydrogen) atoms. The van der Waals surface area contributed by atoms with Crippen LogP contribution in [-0.4, -0.2) is 69.0 Å². The summed E-state index contributed by atoms with van der Waals surface area (Å²) in [6, 6.07) is 1.76. The van der Waals surface area contributed by atoms with E-state index in [1.807, 2.05) is 14.1 Å². The molecule has 1 aliphatic rings. The number of rotatable bonds is 4. The maximum atomic E-state index is 12.7. The highest BCUT2D eigenvalue weighted by Gasteiger charge is 2.35. The van der Waals surface area contributed by atoms with E-state index in [4.69, 9.17) is 0 Å². The van der Waals surface area contributed by atoms with Crippen LogP contribution in [0.25, 0.3) is 0 Å². The Morgan fingerprint density at radius 1 is 1.36 bits per heavy atom. The van der Waals surface area contributed by atoms with Gasteiger partial charge >= 0.3 is 0 Å². The highest BCUT2D eigenvalue weighted by atomic mass is 32.2. The predicted molar refractivity (Wildman–Crippen MR) is 84.2 cm³/mol. The van der Waals surface area contributed by atoms with Crippen LogP contribution in [0.4, 0.5) is 0 Å². The maximum absolute atomic E-state index is 12.7. The summed E-state index contributed by atoms with van der Waals surface area (Å²) in [5.41, 5.74) is 0.389. The number of hydrogen-bond acceptors (Lipinski definition) is 4. The van der Waals surface area contributed by atoms with Crippen molar-refractivity contribution in [3.8, 4) is 0 Å². The molecule has 0 bridgehead atoms. The normalized spacial score (nSPS) is 22.5. The van der Waals surface area contributed by atoms with Crippen LogP contribution in [0, 0.1) is 5.92 Å². The number of hydrogen-bond donors (Lipinski definition) is 1. The third-order valence-electron chi connectivity index (χ3n) is 4.30. The Kier molecular flexibility index (Phi) is 4.65. The molecule has 1 N–H and O–H groups in total. The summed E-state index contributed by atoms with van der Waals surface area (Å²) in [6.45, 7) is 3.47. The molecule has 1 aromatic heterocycles. The Bertz CT molecular complexity index is 666. The van der Waals surface area contributed by atoms with Gasteiger partial charge in [-0.1, -0.05) is 6.92 Å². The van der Waals surface area contributed by atoms with Gasteiger partial charge in [0.05, 0.1) is 0 Å². The molecule has 0 aromatic carbocycles. The van der Waals surface area contributed by atoms with Crippen LogP contribution in [-0.2, 0) is 17.1 Å². The summed E-state index contributed by atoms with van der Waals surface area (Å²) in [4.78, 5) is 16.7. The largest absolute Gasteiger partial charge is 0.345 e. The zero-order valence-corrected chi connectivity index (χ0v) is 14.5. The number of likely N-dealkylation sites (tertiary alicyclic amines) is 1. The topological polar surface area (TPSA) is 74.7 Å². The van der Waals surface area contributed by atoms with Crippen LogP contribution in [0.15, 0.2) is 17.2 Å². The van der Waals surface area contributed by atoms with Gasteiger partial charge in [-0.25, -0.2) is 13.1 Å². The maximum Gasteiger partial charge on any atom is 0.270 e. The number of nitrogens with one attached hydrogen (secondary N) is 1. The lowest BCUT2D eigenvalue weighted by atomic mass is 10.1. The minimum Gasteiger partial charge on any atom is -0.345 e. The van der Waals surface area contributed by atoms with Crippen molar-refractivity contribution in [3.05, 3.63) is 18.0 Å². The fourth-order valence-electron chi connectivity index (χ4n) is 2.96. The van der Waals surface area contributed by atoms with Crippen LogP contribution < -0.4 is 4.72 Å². The second kappa shape index (κ2) is 6.02. The average Bonchev–Trinajstić information content (AvgIpc) is 3.02. The SMILES string of the molecule is CNS(=O)(=O)c1cc(C(=O)N2CC(C)C(N(C)C)C2)n(C)c1. The first-order valence-electron chi connectivity index (χ1n) is 7.23. The van der Waals surface area contributed by atoms with E-state index in [0.717, 1.165) is 0 Å². The van der Waals surface area contributed by atoms with Crippen molar-refractivity contribution in [1.29, 1.82) is 0 Å². The highest BCUT2D eigenvalue weighted by molar-refractivity contribution is 7.89. The Morgan fingerprint density at radius 3 is 2.50 bits per heavy atom. The first kappa shape index (κ1) is 17.0. The molecule has 1 saturated heterocycles. The zero-order valence-electron chi connectivity index (χ0n) is 13.7. The number of carbonyl (C=O) groups excluding carboxylic acids is 1. The van der Waals surface area contributed by atoms with Crippen molar-refractivity contribution < 1.29 is 13.2 Å². The van der Waals surface area contributed by atoms with Gasteiger partial charge < -0.3 is 14.4 Å². The van der Waals surface area contributed by atoms with Gasteiger partial charge in [0.25, 0.3) is 5.91 Å². The van der Waals surface area contributed by atoms with E-state index in [1.54, 1.807) is 16.5 Å². The summed E-state index contributed by atoms with van der Waals surface area (Å²) in [6.07, 6.45) is 1.46. The smallest absolute Gasteiger partial charge is 0.270 e. The molecule has 2 atom stereocenters. The molecule has 7 nitrogen and oxygen atoms in total. The molecule has 1 fully saturated rings. The van der Waals surface area contributed by atoms with E-state index in [0.29, 0.717) is 30.7 Å². The van der Waals surface area contributed by atoms with Crippen LogP contribution in [0.5, 0.6) is 0 Å². The Labute approximate surface area is 131 Å². The quantitative estimate of drug-likeness (QED) is 0.841. The molecule has 2 heterocycles. The lowest BCUT2D eigenvalue weighted by Crippen LogP contribution is -2.36. The van der Waals surface area contributed by atoms with E-state index in [-0.39, 0.29) is 10.8 Å². The van der Waals surface area contributed by atoms with Crippen molar-refractivity contribution in [3.63, 3.8) is 0 Å². The van der Waals surface area contributed by atoms with E-state index < -0.39 is 10.0 Å². The standard InChI is InChI=1S/C14H24N4O3S/c1-10-7-18(9-13(10)16(3)4)14(19)12-6-11(8-17(12)5)22(20,21)15-2/h6,8,10,13,15H,7,9H2,1-5H3. The fraction of sp³-hybridized carbons (Fsp3) is 0.643. The summed E-state index contributed by atoms with van der Waals surface area (Å²) in [5.74, 6) is 0.260. The minimum absolute atomic E-state index is 0.109. The second-order valence-corrected chi connectivity index (χ2v) is 7.98. The first-order chi connectivity index (χ1) is 10.2. The third kappa shape index (κ3) is 3.04. The number of nitrogens with zero attached hydrogens (tertiary/aromatic N) is 3. The first-order valence-corrected chi connectivity index (χ1v) is 8.71. The van der Waals surface area contributed by atoms with Crippen molar-refractivity contribution >= 4 is 15.9 Å². The van der Waals surface area contributed by atoms with Crippen LogP contribution in [0.2, 0.25) is 0 Å². The number of amides is 1. The Balaban J connectivity index is 2.25. The summed E-state index contributed by atoms with van der Waals surface area (Å²) < 4.78 is 27.5. The molecule has 1 aliphatic heterocycles. The molecule has 0 saturated carbocycles. The van der Waals surface area contributed by atoms with Gasteiger partial charge in [0.15, 0.2) is 0 Å². The number of likely N-dealkylation sites (N-methyl/N-ethyl adjacent to an activating group) is 1. The predicted octanol–water partition coefficient (Wildman–Crippen LogP) is -0.0447. The zero-order chi connectivity index (χ0) is 16.7. The van der Waals surface area contributed by atoms with Crippen LogP contribution in [0.1, 0.15) is 17.4 Å².